The summed E-state index contributed by atoms with van der Waals surface area (Å²) in [4.78, 5) is 12.4. The molecule has 1 amide bonds. The van der Waals surface area contributed by atoms with Gasteiger partial charge in [0.05, 0.1) is 18.7 Å². The predicted molar refractivity (Wildman–Crippen MR) is 87.1 cm³/mol. The highest BCUT2D eigenvalue weighted by Crippen LogP contribution is 2.36. The summed E-state index contributed by atoms with van der Waals surface area (Å²) in [6, 6.07) is 3.88. The van der Waals surface area contributed by atoms with E-state index in [2.05, 4.69) is 17.6 Å². The van der Waals surface area contributed by atoms with Crippen LogP contribution in [0.3, 0.4) is 0 Å². The van der Waals surface area contributed by atoms with E-state index in [1.807, 2.05) is 6.92 Å². The van der Waals surface area contributed by atoms with Crippen LogP contribution in [0, 0.1) is 0 Å². The van der Waals surface area contributed by atoms with Crippen LogP contribution in [0.4, 0.5) is 0 Å². The van der Waals surface area contributed by atoms with Gasteiger partial charge in [-0.25, -0.2) is 0 Å². The number of ether oxygens (including phenoxy) is 2. The number of carbonyl (C=O) groups excluding carboxylic acids is 1. The second-order valence-electron chi connectivity index (χ2n) is 5.47. The first-order chi connectivity index (χ1) is 10.5. The van der Waals surface area contributed by atoms with Gasteiger partial charge in [0.15, 0.2) is 11.5 Å². The van der Waals surface area contributed by atoms with Crippen molar-refractivity contribution in [3.63, 3.8) is 0 Å². The maximum atomic E-state index is 12.4. The molecule has 1 aliphatic heterocycles. The highest BCUT2D eigenvalue weighted by Gasteiger charge is 2.22. The van der Waals surface area contributed by atoms with Gasteiger partial charge in [-0.05, 0) is 45.4 Å². The standard InChI is InChI=1S/C16H23ClN2O3/c1-4-22-15-13(17)8-11(9-14(15)21-3)16(20)19-12-5-6-18-10(2)7-12/h8-10,12,18H,4-7H2,1-3H3,(H,19,20). The first kappa shape index (κ1) is 16.9. The molecule has 22 heavy (non-hydrogen) atoms. The average molecular weight is 327 g/mol. The zero-order valence-electron chi connectivity index (χ0n) is 13.2. The predicted octanol–water partition coefficient (Wildman–Crippen LogP) is 2.62. The van der Waals surface area contributed by atoms with E-state index in [4.69, 9.17) is 21.1 Å². The highest BCUT2D eigenvalue weighted by atomic mass is 35.5. The third-order valence-corrected chi connectivity index (χ3v) is 4.02. The quantitative estimate of drug-likeness (QED) is 0.873. The zero-order chi connectivity index (χ0) is 16.1. The maximum Gasteiger partial charge on any atom is 0.251 e. The Balaban J connectivity index is 2.14. The number of amides is 1. The minimum atomic E-state index is -0.137. The van der Waals surface area contributed by atoms with Crippen LogP contribution in [-0.2, 0) is 0 Å². The Bertz CT molecular complexity index is 536. The lowest BCUT2D eigenvalue weighted by Crippen LogP contribution is -2.46. The van der Waals surface area contributed by atoms with Gasteiger partial charge in [-0.3, -0.25) is 4.79 Å². The number of hydrogen-bond donors (Lipinski definition) is 2. The van der Waals surface area contributed by atoms with Crippen LogP contribution in [0.1, 0.15) is 37.0 Å². The number of methoxy groups -OCH3 is 1. The molecule has 2 unspecified atom stereocenters. The van der Waals surface area contributed by atoms with Crippen LogP contribution in [-0.4, -0.2) is 38.3 Å². The normalized spacial score (nSPS) is 21.3. The topological polar surface area (TPSA) is 59.6 Å². The van der Waals surface area contributed by atoms with E-state index in [-0.39, 0.29) is 11.9 Å². The van der Waals surface area contributed by atoms with Crippen molar-refractivity contribution < 1.29 is 14.3 Å². The Kier molecular flexibility index (Phi) is 5.91. The van der Waals surface area contributed by atoms with Crippen LogP contribution in [0.25, 0.3) is 0 Å². The van der Waals surface area contributed by atoms with Crippen molar-refractivity contribution >= 4 is 17.5 Å². The van der Waals surface area contributed by atoms with Crippen molar-refractivity contribution in [3.8, 4) is 11.5 Å². The minimum absolute atomic E-state index is 0.137. The lowest BCUT2D eigenvalue weighted by Gasteiger charge is -2.28. The van der Waals surface area contributed by atoms with Crippen LogP contribution < -0.4 is 20.1 Å². The molecular weight excluding hydrogens is 304 g/mol. The Morgan fingerprint density at radius 2 is 2.27 bits per heavy atom. The number of halogens is 1. The van der Waals surface area contributed by atoms with E-state index in [1.54, 1.807) is 12.1 Å². The summed E-state index contributed by atoms with van der Waals surface area (Å²) < 4.78 is 10.7. The molecule has 1 aromatic rings. The van der Waals surface area contributed by atoms with Crippen molar-refractivity contribution in [1.29, 1.82) is 0 Å². The Labute approximate surface area is 136 Å². The van der Waals surface area contributed by atoms with Gasteiger partial charge < -0.3 is 20.1 Å². The zero-order valence-corrected chi connectivity index (χ0v) is 14.0. The molecule has 1 aromatic carbocycles. The largest absolute Gasteiger partial charge is 0.493 e. The van der Waals surface area contributed by atoms with E-state index in [1.165, 1.54) is 7.11 Å². The maximum absolute atomic E-state index is 12.4. The van der Waals surface area contributed by atoms with Gasteiger partial charge in [-0.1, -0.05) is 11.6 Å². The van der Waals surface area contributed by atoms with Gasteiger partial charge in [-0.2, -0.15) is 0 Å². The lowest BCUT2D eigenvalue weighted by molar-refractivity contribution is 0.0925. The van der Waals surface area contributed by atoms with Crippen molar-refractivity contribution in [2.75, 3.05) is 20.3 Å². The molecule has 1 saturated heterocycles. The Hall–Kier alpha value is -1.46. The summed E-state index contributed by atoms with van der Waals surface area (Å²) in [5.41, 5.74) is 0.483. The van der Waals surface area contributed by atoms with E-state index >= 15 is 0 Å². The molecule has 122 valence electrons. The Morgan fingerprint density at radius 1 is 1.50 bits per heavy atom. The molecule has 1 heterocycles. The molecule has 5 nitrogen and oxygen atoms in total. The number of carbonyl (C=O) groups is 1. The molecule has 0 saturated carbocycles. The molecule has 0 aromatic heterocycles. The summed E-state index contributed by atoms with van der Waals surface area (Å²) in [6.07, 6.45) is 1.85. The highest BCUT2D eigenvalue weighted by molar-refractivity contribution is 6.32. The third kappa shape index (κ3) is 4.05. The summed E-state index contributed by atoms with van der Waals surface area (Å²) in [5, 5.41) is 6.81. The molecule has 0 aliphatic carbocycles. The first-order valence-electron chi connectivity index (χ1n) is 7.59. The third-order valence-electron chi connectivity index (χ3n) is 3.74. The second-order valence-corrected chi connectivity index (χ2v) is 5.88. The Morgan fingerprint density at radius 3 is 2.91 bits per heavy atom. The fourth-order valence-corrected chi connectivity index (χ4v) is 2.93. The second kappa shape index (κ2) is 7.70. The number of piperidine rings is 1. The van der Waals surface area contributed by atoms with Crippen LogP contribution in [0.2, 0.25) is 5.02 Å². The number of benzene rings is 1. The smallest absolute Gasteiger partial charge is 0.251 e. The molecule has 1 aliphatic rings. The van der Waals surface area contributed by atoms with Crippen molar-refractivity contribution in [1.82, 2.24) is 10.6 Å². The van der Waals surface area contributed by atoms with Gasteiger partial charge >= 0.3 is 0 Å². The van der Waals surface area contributed by atoms with Crippen LogP contribution in [0.5, 0.6) is 11.5 Å². The average Bonchev–Trinajstić information content (AvgIpc) is 2.49. The van der Waals surface area contributed by atoms with Crippen LogP contribution >= 0.6 is 11.6 Å². The van der Waals surface area contributed by atoms with Crippen molar-refractivity contribution in [3.05, 3.63) is 22.7 Å². The minimum Gasteiger partial charge on any atom is -0.493 e. The van der Waals surface area contributed by atoms with Crippen molar-refractivity contribution in [2.24, 2.45) is 0 Å². The molecule has 0 radical (unpaired) electrons. The molecule has 0 bridgehead atoms. The molecule has 6 heteroatoms. The summed E-state index contributed by atoms with van der Waals surface area (Å²) in [6.45, 7) is 5.39. The van der Waals surface area contributed by atoms with Gasteiger partial charge in [0.1, 0.15) is 0 Å². The summed E-state index contributed by atoms with van der Waals surface area (Å²) in [5.74, 6) is 0.805. The molecule has 2 N–H and O–H groups in total. The van der Waals surface area contributed by atoms with Gasteiger partial charge in [0, 0.05) is 17.6 Å². The van der Waals surface area contributed by atoms with Gasteiger partial charge in [0.2, 0.25) is 0 Å². The fraction of sp³-hybridized carbons (Fsp3) is 0.562. The fourth-order valence-electron chi connectivity index (χ4n) is 2.67. The number of rotatable bonds is 5. The molecular formula is C16H23ClN2O3. The van der Waals surface area contributed by atoms with Gasteiger partial charge in [0.25, 0.3) is 5.91 Å². The monoisotopic (exact) mass is 326 g/mol. The number of hydrogen-bond acceptors (Lipinski definition) is 4. The molecule has 2 atom stereocenters. The SMILES string of the molecule is CCOc1c(Cl)cc(C(=O)NC2CCNC(C)C2)cc1OC. The van der Waals surface area contributed by atoms with E-state index in [0.717, 1.165) is 19.4 Å². The van der Waals surface area contributed by atoms with E-state index in [0.29, 0.717) is 34.7 Å². The summed E-state index contributed by atoms with van der Waals surface area (Å²) >= 11 is 6.21. The number of nitrogens with one attached hydrogen (secondary N) is 2. The van der Waals surface area contributed by atoms with Crippen LogP contribution in [0.15, 0.2) is 12.1 Å². The van der Waals surface area contributed by atoms with E-state index in [9.17, 15) is 4.79 Å². The first-order valence-corrected chi connectivity index (χ1v) is 7.97. The lowest BCUT2D eigenvalue weighted by atomic mass is 10.00. The van der Waals surface area contributed by atoms with Gasteiger partial charge in [-0.15, -0.1) is 0 Å². The van der Waals surface area contributed by atoms with Crippen molar-refractivity contribution in [2.45, 2.75) is 38.8 Å². The molecule has 1 fully saturated rings. The van der Waals surface area contributed by atoms with E-state index < -0.39 is 0 Å². The molecule has 2 rings (SSSR count). The molecule has 0 spiro atoms. The summed E-state index contributed by atoms with van der Waals surface area (Å²) in [7, 11) is 1.53.